The van der Waals surface area contributed by atoms with Crippen molar-refractivity contribution in [2.45, 2.75) is 58.7 Å². The normalized spacial score (nSPS) is 15.6. The van der Waals surface area contributed by atoms with Crippen molar-refractivity contribution < 1.29 is 0 Å². The number of nitrogens with one attached hydrogen (secondary N) is 2. The fourth-order valence-electron chi connectivity index (χ4n) is 3.53. The summed E-state index contributed by atoms with van der Waals surface area (Å²) < 4.78 is 2.09. The number of aliphatic imine (C=N–C) groups is 1. The zero-order valence-corrected chi connectivity index (χ0v) is 15.5. The van der Waals surface area contributed by atoms with Crippen molar-refractivity contribution in [1.29, 1.82) is 0 Å². The Hall–Kier alpha value is -2.30. The minimum atomic E-state index is 0.564. The zero-order chi connectivity index (χ0) is 17.6. The lowest BCUT2D eigenvalue weighted by Crippen LogP contribution is -2.42. The summed E-state index contributed by atoms with van der Waals surface area (Å²) >= 11 is 0. The van der Waals surface area contributed by atoms with Crippen LogP contribution in [0.15, 0.2) is 35.3 Å². The molecule has 1 saturated carbocycles. The molecular formula is C20H29N5. The van der Waals surface area contributed by atoms with E-state index >= 15 is 0 Å². The highest BCUT2D eigenvalue weighted by Gasteiger charge is 2.17. The molecule has 0 aliphatic heterocycles. The van der Waals surface area contributed by atoms with Crippen LogP contribution in [-0.2, 0) is 13.1 Å². The summed E-state index contributed by atoms with van der Waals surface area (Å²) in [7, 11) is 1.84. The van der Waals surface area contributed by atoms with Gasteiger partial charge in [-0.1, -0.05) is 43.2 Å². The van der Waals surface area contributed by atoms with E-state index in [0.29, 0.717) is 6.04 Å². The predicted octanol–water partition coefficient (Wildman–Crippen LogP) is 3.16. The molecular weight excluding hydrogens is 310 g/mol. The lowest BCUT2D eigenvalue weighted by atomic mass is 10.2. The van der Waals surface area contributed by atoms with Crippen molar-refractivity contribution in [3.63, 3.8) is 0 Å². The van der Waals surface area contributed by atoms with Crippen LogP contribution in [0.2, 0.25) is 0 Å². The molecule has 0 saturated heterocycles. The molecule has 134 valence electrons. The van der Waals surface area contributed by atoms with Crippen LogP contribution in [-0.4, -0.2) is 28.8 Å². The first-order chi connectivity index (χ1) is 12.2. The Labute approximate surface area is 150 Å². The van der Waals surface area contributed by atoms with Crippen molar-refractivity contribution in [2.75, 3.05) is 7.05 Å². The van der Waals surface area contributed by atoms with Gasteiger partial charge in [0.05, 0.1) is 12.2 Å². The Morgan fingerprint density at radius 1 is 1.20 bits per heavy atom. The van der Waals surface area contributed by atoms with Crippen molar-refractivity contribution in [3.05, 3.63) is 52.8 Å². The Morgan fingerprint density at radius 2 is 1.92 bits per heavy atom. The first kappa shape index (κ1) is 17.5. The van der Waals surface area contributed by atoms with Gasteiger partial charge in [0.1, 0.15) is 0 Å². The third-order valence-corrected chi connectivity index (χ3v) is 5.06. The van der Waals surface area contributed by atoms with Crippen LogP contribution in [0.1, 0.15) is 48.2 Å². The van der Waals surface area contributed by atoms with Gasteiger partial charge in [-0.15, -0.1) is 0 Å². The average Bonchev–Trinajstić information content (AvgIpc) is 3.22. The number of guanidine groups is 1. The number of hydrogen-bond donors (Lipinski definition) is 2. The lowest BCUT2D eigenvalue weighted by Gasteiger charge is -2.17. The van der Waals surface area contributed by atoms with E-state index in [9.17, 15) is 0 Å². The van der Waals surface area contributed by atoms with Gasteiger partial charge in [0.15, 0.2) is 5.96 Å². The molecule has 0 radical (unpaired) electrons. The fraction of sp³-hybridized carbons (Fsp3) is 0.500. The average molecular weight is 339 g/mol. The van der Waals surface area contributed by atoms with Crippen LogP contribution in [0.4, 0.5) is 0 Å². The molecule has 1 heterocycles. The summed E-state index contributed by atoms with van der Waals surface area (Å²) in [4.78, 5) is 4.37. The molecule has 5 nitrogen and oxygen atoms in total. The van der Waals surface area contributed by atoms with Crippen LogP contribution in [0.3, 0.4) is 0 Å². The molecule has 1 aliphatic rings. The van der Waals surface area contributed by atoms with Crippen molar-refractivity contribution in [2.24, 2.45) is 4.99 Å². The van der Waals surface area contributed by atoms with Crippen LogP contribution < -0.4 is 10.6 Å². The molecule has 1 fully saturated rings. The van der Waals surface area contributed by atoms with Gasteiger partial charge >= 0.3 is 0 Å². The Morgan fingerprint density at radius 3 is 2.60 bits per heavy atom. The number of aromatic nitrogens is 2. The third-order valence-electron chi connectivity index (χ3n) is 5.06. The lowest BCUT2D eigenvalue weighted by molar-refractivity contribution is 0.613. The Balaban J connectivity index is 1.64. The van der Waals surface area contributed by atoms with Crippen molar-refractivity contribution in [1.82, 2.24) is 20.4 Å². The molecule has 0 atom stereocenters. The van der Waals surface area contributed by atoms with E-state index in [2.05, 4.69) is 58.4 Å². The fourth-order valence-corrected chi connectivity index (χ4v) is 3.53. The number of rotatable bonds is 5. The van der Waals surface area contributed by atoms with Crippen LogP contribution in [0.25, 0.3) is 0 Å². The molecule has 1 aromatic heterocycles. The molecule has 0 bridgehead atoms. The standard InChI is InChI=1S/C20H29N5/c1-15-19(13-22-20(21-3)23-18-11-7-8-12-18)16(2)25(24-15)14-17-9-5-4-6-10-17/h4-6,9-10,18H,7-8,11-14H2,1-3H3,(H2,21,22,23). The van der Waals surface area contributed by atoms with Gasteiger partial charge in [-0.05, 0) is 32.3 Å². The first-order valence-corrected chi connectivity index (χ1v) is 9.21. The quantitative estimate of drug-likeness (QED) is 0.650. The second-order valence-corrected chi connectivity index (χ2v) is 6.84. The summed E-state index contributed by atoms with van der Waals surface area (Å²) in [5.41, 5.74) is 4.82. The minimum Gasteiger partial charge on any atom is -0.354 e. The maximum absolute atomic E-state index is 4.73. The monoisotopic (exact) mass is 339 g/mol. The molecule has 25 heavy (non-hydrogen) atoms. The zero-order valence-electron chi connectivity index (χ0n) is 15.5. The molecule has 5 heteroatoms. The van der Waals surface area contributed by atoms with Gasteiger partial charge in [0.2, 0.25) is 0 Å². The van der Waals surface area contributed by atoms with Gasteiger partial charge in [0.25, 0.3) is 0 Å². The molecule has 0 unspecified atom stereocenters. The minimum absolute atomic E-state index is 0.564. The number of aryl methyl sites for hydroxylation is 1. The molecule has 2 aromatic rings. The first-order valence-electron chi connectivity index (χ1n) is 9.21. The van der Waals surface area contributed by atoms with Gasteiger partial charge in [-0.3, -0.25) is 9.67 Å². The van der Waals surface area contributed by atoms with E-state index in [1.807, 2.05) is 13.1 Å². The van der Waals surface area contributed by atoms with E-state index in [1.54, 1.807) is 0 Å². The molecule has 1 aromatic carbocycles. The second kappa shape index (κ2) is 8.19. The molecule has 0 spiro atoms. The predicted molar refractivity (Wildman–Crippen MR) is 103 cm³/mol. The Bertz CT molecular complexity index is 711. The molecule has 2 N–H and O–H groups in total. The third kappa shape index (κ3) is 4.41. The molecule has 1 aliphatic carbocycles. The summed E-state index contributed by atoms with van der Waals surface area (Å²) in [6.07, 6.45) is 5.12. The van der Waals surface area contributed by atoms with Crippen molar-refractivity contribution >= 4 is 5.96 Å². The molecule has 3 rings (SSSR count). The topological polar surface area (TPSA) is 54.2 Å². The van der Waals surface area contributed by atoms with Gasteiger partial charge in [0, 0.05) is 30.9 Å². The summed E-state index contributed by atoms with van der Waals surface area (Å²) in [6.45, 7) is 5.78. The highest BCUT2D eigenvalue weighted by molar-refractivity contribution is 5.80. The number of benzene rings is 1. The van der Waals surface area contributed by atoms with E-state index in [0.717, 1.165) is 24.7 Å². The Kier molecular flexibility index (Phi) is 5.74. The highest BCUT2D eigenvalue weighted by Crippen LogP contribution is 2.18. The van der Waals surface area contributed by atoms with E-state index in [4.69, 9.17) is 5.10 Å². The van der Waals surface area contributed by atoms with Crippen LogP contribution in [0, 0.1) is 13.8 Å². The number of nitrogens with zero attached hydrogens (tertiary/aromatic N) is 3. The van der Waals surface area contributed by atoms with E-state index in [-0.39, 0.29) is 0 Å². The van der Waals surface area contributed by atoms with Gasteiger partial charge in [-0.2, -0.15) is 5.10 Å². The maximum Gasteiger partial charge on any atom is 0.191 e. The van der Waals surface area contributed by atoms with Gasteiger partial charge < -0.3 is 10.6 Å². The summed E-state index contributed by atoms with van der Waals surface area (Å²) in [6, 6.07) is 11.0. The summed E-state index contributed by atoms with van der Waals surface area (Å²) in [5.74, 6) is 0.890. The molecule has 0 amide bonds. The van der Waals surface area contributed by atoms with Crippen molar-refractivity contribution in [3.8, 4) is 0 Å². The second-order valence-electron chi connectivity index (χ2n) is 6.84. The largest absolute Gasteiger partial charge is 0.354 e. The van der Waals surface area contributed by atoms with Crippen LogP contribution >= 0.6 is 0 Å². The van der Waals surface area contributed by atoms with E-state index < -0.39 is 0 Å². The van der Waals surface area contributed by atoms with E-state index in [1.165, 1.54) is 42.5 Å². The SMILES string of the molecule is CN=C(NCc1c(C)nn(Cc2ccccc2)c1C)NC1CCCC1. The highest BCUT2D eigenvalue weighted by atomic mass is 15.3. The maximum atomic E-state index is 4.73. The smallest absolute Gasteiger partial charge is 0.191 e. The van der Waals surface area contributed by atoms with Gasteiger partial charge in [-0.25, -0.2) is 0 Å². The van der Waals surface area contributed by atoms with Crippen LogP contribution in [0.5, 0.6) is 0 Å². The number of hydrogen-bond acceptors (Lipinski definition) is 2. The summed E-state index contributed by atoms with van der Waals surface area (Å²) in [5, 5.41) is 11.7.